The molecule has 0 spiro atoms. The highest BCUT2D eigenvalue weighted by Gasteiger charge is 2.14. The van der Waals surface area contributed by atoms with E-state index >= 15 is 0 Å². The van der Waals surface area contributed by atoms with E-state index in [0.29, 0.717) is 23.1 Å². The van der Waals surface area contributed by atoms with Gasteiger partial charge in [-0.05, 0) is 29.5 Å². The summed E-state index contributed by atoms with van der Waals surface area (Å²) in [5.41, 5.74) is 3.01. The first-order valence-corrected chi connectivity index (χ1v) is 10.9. The van der Waals surface area contributed by atoms with Gasteiger partial charge in [-0.2, -0.15) is 0 Å². The van der Waals surface area contributed by atoms with E-state index in [1.54, 1.807) is 17.4 Å². The van der Waals surface area contributed by atoms with Crippen molar-refractivity contribution < 1.29 is 0 Å². The highest BCUT2D eigenvalue weighted by atomic mass is 35.5. The molecule has 1 N–H and O–H groups in total. The van der Waals surface area contributed by atoms with E-state index in [4.69, 9.17) is 16.6 Å². The summed E-state index contributed by atoms with van der Waals surface area (Å²) in [5.74, 6) is 0.529. The maximum atomic E-state index is 12.7. The van der Waals surface area contributed by atoms with E-state index in [2.05, 4.69) is 41.4 Å². The molecule has 29 heavy (non-hydrogen) atoms. The van der Waals surface area contributed by atoms with E-state index < -0.39 is 0 Å². The van der Waals surface area contributed by atoms with Crippen LogP contribution in [0.3, 0.4) is 0 Å². The molecule has 4 rings (SSSR count). The van der Waals surface area contributed by atoms with Gasteiger partial charge in [0.15, 0.2) is 5.65 Å². The third kappa shape index (κ3) is 4.78. The molecule has 0 aliphatic carbocycles. The first-order chi connectivity index (χ1) is 14.0. The second kappa shape index (κ2) is 8.53. The summed E-state index contributed by atoms with van der Waals surface area (Å²) in [6.07, 6.45) is 0. The van der Waals surface area contributed by atoms with Crippen LogP contribution in [0, 0.1) is 5.92 Å². The third-order valence-electron chi connectivity index (χ3n) is 4.61. The topological polar surface area (TPSA) is 53.4 Å². The van der Waals surface area contributed by atoms with Gasteiger partial charge in [-0.1, -0.05) is 43.6 Å². The van der Waals surface area contributed by atoms with Crippen molar-refractivity contribution in [1.82, 2.24) is 19.5 Å². The molecule has 0 aliphatic heterocycles. The molecule has 150 valence electrons. The third-order valence-corrected chi connectivity index (χ3v) is 5.70. The van der Waals surface area contributed by atoms with Crippen molar-refractivity contribution in [1.29, 1.82) is 0 Å². The first kappa shape index (κ1) is 19.9. The summed E-state index contributed by atoms with van der Waals surface area (Å²) < 4.78 is 1.48. The lowest BCUT2D eigenvalue weighted by Crippen LogP contribution is -2.28. The van der Waals surface area contributed by atoms with Gasteiger partial charge >= 0.3 is 0 Å². The zero-order valence-corrected chi connectivity index (χ0v) is 18.0. The number of fused-ring (bicyclic) bond motifs is 1. The van der Waals surface area contributed by atoms with Crippen molar-refractivity contribution in [3.63, 3.8) is 0 Å². The number of hydrogen-bond acceptors (Lipinski definition) is 4. The van der Waals surface area contributed by atoms with Crippen LogP contribution >= 0.6 is 22.9 Å². The summed E-state index contributed by atoms with van der Waals surface area (Å²) in [5, 5.41) is 5.87. The van der Waals surface area contributed by atoms with Gasteiger partial charge in [0.2, 0.25) is 0 Å². The van der Waals surface area contributed by atoms with Gasteiger partial charge in [-0.3, -0.25) is 14.8 Å². The lowest BCUT2D eigenvalue weighted by molar-refractivity contribution is 0.227. The number of hydrogen-bond donors (Lipinski definition) is 1. The molecule has 0 unspecified atom stereocenters. The zero-order chi connectivity index (χ0) is 20.4. The van der Waals surface area contributed by atoms with E-state index in [0.717, 1.165) is 30.0 Å². The minimum Gasteiger partial charge on any atom is -0.292 e. The Morgan fingerprint density at radius 2 is 2.03 bits per heavy atom. The fraction of sp³-hybridized carbons (Fsp3) is 0.273. The average Bonchev–Trinajstić information content (AvgIpc) is 3.31. The van der Waals surface area contributed by atoms with E-state index in [1.807, 2.05) is 30.3 Å². The Bertz CT molecular complexity index is 1160. The Balaban J connectivity index is 1.64. The smallest absolute Gasteiger partial charge is 0.272 e. The van der Waals surface area contributed by atoms with Crippen LogP contribution in [0.1, 0.15) is 24.4 Å². The molecule has 4 aromatic rings. The van der Waals surface area contributed by atoms with Gasteiger partial charge in [0.1, 0.15) is 0 Å². The molecular formula is C22H23ClN4OS. The van der Waals surface area contributed by atoms with Crippen LogP contribution in [0.2, 0.25) is 5.02 Å². The molecule has 7 heteroatoms. The highest BCUT2D eigenvalue weighted by molar-refractivity contribution is 7.09. The lowest BCUT2D eigenvalue weighted by atomic mass is 10.1. The molecule has 0 amide bonds. The van der Waals surface area contributed by atoms with Crippen LogP contribution in [0.15, 0.2) is 58.7 Å². The summed E-state index contributed by atoms with van der Waals surface area (Å²) >= 11 is 7.86. The van der Waals surface area contributed by atoms with Gasteiger partial charge < -0.3 is 0 Å². The molecule has 1 aromatic carbocycles. The van der Waals surface area contributed by atoms with Crippen LogP contribution in [0.25, 0.3) is 16.9 Å². The second-order valence-electron chi connectivity index (χ2n) is 7.60. The van der Waals surface area contributed by atoms with Crippen LogP contribution in [0.5, 0.6) is 0 Å². The maximum Gasteiger partial charge on any atom is 0.272 e. The fourth-order valence-corrected chi connectivity index (χ4v) is 4.42. The van der Waals surface area contributed by atoms with Crippen LogP contribution in [0.4, 0.5) is 0 Å². The number of thiophene rings is 1. The molecule has 3 heterocycles. The molecular weight excluding hydrogens is 404 g/mol. The predicted octanol–water partition coefficient (Wildman–Crippen LogP) is 5.06. The Labute approximate surface area is 178 Å². The molecule has 0 saturated heterocycles. The fourth-order valence-electron chi connectivity index (χ4n) is 3.48. The van der Waals surface area contributed by atoms with Gasteiger partial charge in [0.05, 0.1) is 11.4 Å². The summed E-state index contributed by atoms with van der Waals surface area (Å²) in [7, 11) is 0. The molecule has 0 atom stereocenters. The van der Waals surface area contributed by atoms with E-state index in [9.17, 15) is 4.79 Å². The van der Waals surface area contributed by atoms with Crippen molar-refractivity contribution in [3.05, 3.63) is 79.9 Å². The molecule has 0 saturated carbocycles. The van der Waals surface area contributed by atoms with Gasteiger partial charge in [-0.25, -0.2) is 9.50 Å². The van der Waals surface area contributed by atoms with Crippen molar-refractivity contribution in [2.75, 3.05) is 6.54 Å². The standard InChI is InChI=1S/C22H23ClN4OS/c1-15(2)12-26(14-19-7-4-8-29-19)13-18-10-22(28)27-21(24-18)11-20(25-27)16-5-3-6-17(23)9-16/h3-11,15,25H,12-14H2,1-2H3. The normalized spacial score (nSPS) is 11.8. The average molecular weight is 427 g/mol. The number of aromatic amines is 1. The van der Waals surface area contributed by atoms with Crippen LogP contribution in [-0.4, -0.2) is 26.0 Å². The van der Waals surface area contributed by atoms with E-state index in [1.165, 1.54) is 9.39 Å². The number of benzene rings is 1. The number of H-pyrrole nitrogens is 1. The molecule has 0 aliphatic rings. The van der Waals surface area contributed by atoms with Gasteiger partial charge in [0, 0.05) is 47.2 Å². The number of aromatic nitrogens is 3. The van der Waals surface area contributed by atoms with Gasteiger partial charge in [-0.15, -0.1) is 11.3 Å². The Hall–Kier alpha value is -2.41. The quantitative estimate of drug-likeness (QED) is 0.449. The Kier molecular flexibility index (Phi) is 5.85. The number of halogens is 1. The SMILES string of the molecule is CC(C)CN(Cc1cc(=O)n2[nH]c(-c3cccc(Cl)c3)cc2n1)Cc1cccs1. The largest absolute Gasteiger partial charge is 0.292 e. The van der Waals surface area contributed by atoms with Crippen molar-refractivity contribution >= 4 is 28.6 Å². The first-order valence-electron chi connectivity index (χ1n) is 9.60. The van der Waals surface area contributed by atoms with E-state index in [-0.39, 0.29) is 5.56 Å². The maximum absolute atomic E-state index is 12.7. The number of nitrogens with zero attached hydrogens (tertiary/aromatic N) is 3. The van der Waals surface area contributed by atoms with Crippen LogP contribution in [-0.2, 0) is 13.1 Å². The molecule has 5 nitrogen and oxygen atoms in total. The van der Waals surface area contributed by atoms with Crippen molar-refractivity contribution in [3.8, 4) is 11.3 Å². The van der Waals surface area contributed by atoms with Crippen LogP contribution < -0.4 is 5.56 Å². The predicted molar refractivity (Wildman–Crippen MR) is 120 cm³/mol. The second-order valence-corrected chi connectivity index (χ2v) is 9.07. The summed E-state index contributed by atoms with van der Waals surface area (Å²) in [4.78, 5) is 21.1. The molecule has 3 aromatic heterocycles. The highest BCUT2D eigenvalue weighted by Crippen LogP contribution is 2.22. The minimum atomic E-state index is -0.112. The monoisotopic (exact) mass is 426 g/mol. The van der Waals surface area contributed by atoms with Crippen molar-refractivity contribution in [2.24, 2.45) is 5.92 Å². The lowest BCUT2D eigenvalue weighted by Gasteiger charge is -2.23. The van der Waals surface area contributed by atoms with Crippen molar-refractivity contribution in [2.45, 2.75) is 26.9 Å². The zero-order valence-electron chi connectivity index (χ0n) is 16.4. The van der Waals surface area contributed by atoms with Gasteiger partial charge in [0.25, 0.3) is 5.56 Å². The number of rotatable bonds is 7. The minimum absolute atomic E-state index is 0.112. The Morgan fingerprint density at radius 1 is 1.17 bits per heavy atom. The Morgan fingerprint density at radius 3 is 2.76 bits per heavy atom. The summed E-state index contributed by atoms with van der Waals surface area (Å²) in [6, 6.07) is 15.3. The molecule has 0 radical (unpaired) electrons. The molecule has 0 bridgehead atoms. The molecule has 0 fully saturated rings. The number of nitrogens with one attached hydrogen (secondary N) is 1. The summed E-state index contributed by atoms with van der Waals surface area (Å²) in [6.45, 7) is 6.85.